The number of halogens is 1. The molecule has 0 aromatic heterocycles. The molecule has 5 heteroatoms. The number of carbonyl (C=O) groups excluding carboxylic acids is 1. The molecule has 0 atom stereocenters. The van der Waals surface area contributed by atoms with Crippen molar-refractivity contribution in [3.63, 3.8) is 0 Å². The molecule has 30 heavy (non-hydrogen) atoms. The predicted molar refractivity (Wildman–Crippen MR) is 125 cm³/mol. The number of hydrogen-bond acceptors (Lipinski definition) is 3. The van der Waals surface area contributed by atoms with Crippen LogP contribution < -0.4 is 14.8 Å². The summed E-state index contributed by atoms with van der Waals surface area (Å²) in [6.45, 7) is 4.38. The standard InChI is InChI=1S/C25H24BrNO3/c1-17-8-7-9-18(2)24(17)27-23(28)13-12-20-14-21(26)25(22(15-20)29-3)30-16-19-10-5-4-6-11-19/h4-15H,16H2,1-3H3,(H,27,28)/b13-12+. The van der Waals surface area contributed by atoms with Crippen molar-refractivity contribution in [1.82, 2.24) is 0 Å². The lowest BCUT2D eigenvalue weighted by molar-refractivity contribution is -0.111. The van der Waals surface area contributed by atoms with Crippen molar-refractivity contribution in [3.05, 3.63) is 93.5 Å². The number of anilines is 1. The van der Waals surface area contributed by atoms with Crippen LogP contribution in [0.3, 0.4) is 0 Å². The van der Waals surface area contributed by atoms with Gasteiger partial charge in [0.1, 0.15) is 6.61 Å². The van der Waals surface area contributed by atoms with E-state index in [1.165, 1.54) is 6.08 Å². The van der Waals surface area contributed by atoms with E-state index in [4.69, 9.17) is 9.47 Å². The second-order valence-electron chi connectivity index (χ2n) is 6.90. The molecule has 0 saturated heterocycles. The fourth-order valence-electron chi connectivity index (χ4n) is 3.05. The summed E-state index contributed by atoms with van der Waals surface area (Å²) < 4.78 is 12.2. The Bertz CT molecular complexity index is 1040. The van der Waals surface area contributed by atoms with E-state index in [1.807, 2.05) is 74.5 Å². The van der Waals surface area contributed by atoms with Crippen molar-refractivity contribution in [2.45, 2.75) is 20.5 Å². The number of ether oxygens (including phenoxy) is 2. The van der Waals surface area contributed by atoms with Gasteiger partial charge in [-0.3, -0.25) is 4.79 Å². The molecule has 0 radical (unpaired) electrons. The lowest BCUT2D eigenvalue weighted by Crippen LogP contribution is -2.10. The molecule has 0 saturated carbocycles. The van der Waals surface area contributed by atoms with Crippen molar-refractivity contribution >= 4 is 33.6 Å². The minimum Gasteiger partial charge on any atom is -0.493 e. The van der Waals surface area contributed by atoms with Crippen molar-refractivity contribution in [2.75, 3.05) is 12.4 Å². The van der Waals surface area contributed by atoms with Crippen LogP contribution in [-0.4, -0.2) is 13.0 Å². The summed E-state index contributed by atoms with van der Waals surface area (Å²) in [5, 5.41) is 2.95. The van der Waals surface area contributed by atoms with Crippen LogP contribution in [0.5, 0.6) is 11.5 Å². The first-order chi connectivity index (χ1) is 14.5. The van der Waals surface area contributed by atoms with Gasteiger partial charge in [-0.1, -0.05) is 48.5 Å². The molecule has 1 N–H and O–H groups in total. The molecular formula is C25H24BrNO3. The summed E-state index contributed by atoms with van der Waals surface area (Å²) in [6.07, 6.45) is 3.26. The van der Waals surface area contributed by atoms with Gasteiger partial charge in [-0.05, 0) is 70.2 Å². The average Bonchev–Trinajstić information content (AvgIpc) is 2.74. The zero-order valence-corrected chi connectivity index (χ0v) is 18.8. The molecule has 4 nitrogen and oxygen atoms in total. The molecular weight excluding hydrogens is 442 g/mol. The van der Waals surface area contributed by atoms with E-state index in [0.29, 0.717) is 18.1 Å². The quantitative estimate of drug-likeness (QED) is 0.416. The first kappa shape index (κ1) is 21.7. The summed E-state index contributed by atoms with van der Waals surface area (Å²) in [7, 11) is 1.60. The summed E-state index contributed by atoms with van der Waals surface area (Å²) in [5.74, 6) is 1.03. The van der Waals surface area contributed by atoms with Crippen molar-refractivity contribution in [3.8, 4) is 11.5 Å². The van der Waals surface area contributed by atoms with E-state index in [0.717, 1.165) is 32.4 Å². The third-order valence-corrected chi connectivity index (χ3v) is 5.22. The van der Waals surface area contributed by atoms with E-state index in [2.05, 4.69) is 21.2 Å². The Labute approximate surface area is 185 Å². The molecule has 0 spiro atoms. The van der Waals surface area contributed by atoms with Gasteiger partial charge in [0.2, 0.25) is 5.91 Å². The summed E-state index contributed by atoms with van der Waals surface area (Å²) in [5.41, 5.74) is 4.79. The largest absolute Gasteiger partial charge is 0.493 e. The smallest absolute Gasteiger partial charge is 0.248 e. The highest BCUT2D eigenvalue weighted by molar-refractivity contribution is 9.10. The van der Waals surface area contributed by atoms with E-state index in [1.54, 1.807) is 13.2 Å². The Morgan fingerprint density at radius 2 is 1.73 bits per heavy atom. The topological polar surface area (TPSA) is 47.6 Å². The number of nitrogens with one attached hydrogen (secondary N) is 1. The SMILES string of the molecule is COc1cc(/C=C/C(=O)Nc2c(C)cccc2C)cc(Br)c1OCc1ccccc1. The van der Waals surface area contributed by atoms with Crippen molar-refractivity contribution in [2.24, 2.45) is 0 Å². The second kappa shape index (κ2) is 10.1. The van der Waals surface area contributed by atoms with Gasteiger partial charge in [0.05, 0.1) is 11.6 Å². The number of para-hydroxylation sites is 1. The highest BCUT2D eigenvalue weighted by Crippen LogP contribution is 2.37. The molecule has 1 amide bonds. The van der Waals surface area contributed by atoms with Crippen molar-refractivity contribution in [1.29, 1.82) is 0 Å². The van der Waals surface area contributed by atoms with Crippen LogP contribution in [0.25, 0.3) is 6.08 Å². The minimum atomic E-state index is -0.188. The molecule has 0 fully saturated rings. The van der Waals surface area contributed by atoms with Crippen LogP contribution in [0.2, 0.25) is 0 Å². The molecule has 0 unspecified atom stereocenters. The molecule has 0 aliphatic heterocycles. The fraction of sp³-hybridized carbons (Fsp3) is 0.160. The van der Waals surface area contributed by atoms with Gasteiger partial charge in [0.15, 0.2) is 11.5 Å². The normalized spacial score (nSPS) is 10.8. The number of rotatable bonds is 7. The third kappa shape index (κ3) is 5.51. The molecule has 0 bridgehead atoms. The Balaban J connectivity index is 1.73. The van der Waals surface area contributed by atoms with Gasteiger partial charge in [0, 0.05) is 11.8 Å². The maximum Gasteiger partial charge on any atom is 0.248 e. The zero-order valence-electron chi connectivity index (χ0n) is 17.2. The van der Waals surface area contributed by atoms with Crippen LogP contribution in [0, 0.1) is 13.8 Å². The van der Waals surface area contributed by atoms with Crippen molar-refractivity contribution < 1.29 is 14.3 Å². The number of carbonyl (C=O) groups is 1. The Morgan fingerprint density at radius 3 is 2.40 bits per heavy atom. The Morgan fingerprint density at radius 1 is 1.03 bits per heavy atom. The van der Waals surface area contributed by atoms with E-state index in [-0.39, 0.29) is 5.91 Å². The lowest BCUT2D eigenvalue weighted by Gasteiger charge is -2.14. The maximum absolute atomic E-state index is 12.4. The monoisotopic (exact) mass is 465 g/mol. The average molecular weight is 466 g/mol. The van der Waals surface area contributed by atoms with E-state index >= 15 is 0 Å². The summed E-state index contributed by atoms with van der Waals surface area (Å²) in [6, 6.07) is 19.6. The van der Waals surface area contributed by atoms with Crippen LogP contribution in [0.4, 0.5) is 5.69 Å². The summed E-state index contributed by atoms with van der Waals surface area (Å²) >= 11 is 3.55. The second-order valence-corrected chi connectivity index (χ2v) is 7.75. The molecule has 154 valence electrons. The number of methoxy groups -OCH3 is 1. The maximum atomic E-state index is 12.4. The molecule has 3 aromatic rings. The lowest BCUT2D eigenvalue weighted by atomic mass is 10.1. The number of aryl methyl sites for hydroxylation is 2. The minimum absolute atomic E-state index is 0.188. The van der Waals surface area contributed by atoms with Crippen LogP contribution in [0.15, 0.2) is 71.2 Å². The van der Waals surface area contributed by atoms with Crippen LogP contribution in [0.1, 0.15) is 22.3 Å². The van der Waals surface area contributed by atoms with Gasteiger partial charge < -0.3 is 14.8 Å². The zero-order chi connectivity index (χ0) is 21.5. The van der Waals surface area contributed by atoms with Crippen LogP contribution >= 0.6 is 15.9 Å². The number of hydrogen-bond donors (Lipinski definition) is 1. The fourth-order valence-corrected chi connectivity index (χ4v) is 3.63. The first-order valence-corrected chi connectivity index (χ1v) is 10.4. The Hall–Kier alpha value is -3.05. The molecule has 0 aliphatic rings. The molecule has 0 heterocycles. The van der Waals surface area contributed by atoms with Gasteiger partial charge in [-0.15, -0.1) is 0 Å². The number of amides is 1. The number of benzene rings is 3. The van der Waals surface area contributed by atoms with E-state index in [9.17, 15) is 4.79 Å². The first-order valence-electron chi connectivity index (χ1n) is 9.57. The van der Waals surface area contributed by atoms with Gasteiger partial charge in [-0.2, -0.15) is 0 Å². The van der Waals surface area contributed by atoms with Gasteiger partial charge in [-0.25, -0.2) is 0 Å². The van der Waals surface area contributed by atoms with Gasteiger partial charge in [0.25, 0.3) is 0 Å². The Kier molecular flexibility index (Phi) is 7.31. The highest BCUT2D eigenvalue weighted by atomic mass is 79.9. The molecule has 3 rings (SSSR count). The molecule has 0 aliphatic carbocycles. The predicted octanol–water partition coefficient (Wildman–Crippen LogP) is 6.31. The van der Waals surface area contributed by atoms with Gasteiger partial charge >= 0.3 is 0 Å². The van der Waals surface area contributed by atoms with E-state index < -0.39 is 0 Å². The van der Waals surface area contributed by atoms with Crippen LogP contribution in [-0.2, 0) is 11.4 Å². The third-order valence-electron chi connectivity index (χ3n) is 4.63. The molecule has 3 aromatic carbocycles. The summed E-state index contributed by atoms with van der Waals surface area (Å²) in [4.78, 5) is 12.4. The highest BCUT2D eigenvalue weighted by Gasteiger charge is 2.12.